The van der Waals surface area contributed by atoms with Gasteiger partial charge in [0.05, 0.1) is 12.9 Å². The number of halogens is 3. The molecule has 2 aromatic carbocycles. The molecule has 0 radical (unpaired) electrons. The molecule has 0 N–H and O–H groups in total. The van der Waals surface area contributed by atoms with Crippen LogP contribution in [-0.2, 0) is 6.54 Å². The summed E-state index contributed by atoms with van der Waals surface area (Å²) in [6.45, 7) is 0.144. The first-order valence-electron chi connectivity index (χ1n) is 7.62. The summed E-state index contributed by atoms with van der Waals surface area (Å²) in [5.74, 6) is -0.320. The van der Waals surface area contributed by atoms with E-state index in [1.807, 2.05) is 12.1 Å². The van der Waals surface area contributed by atoms with E-state index in [0.717, 1.165) is 5.39 Å². The minimum absolute atomic E-state index is 0.144. The minimum atomic E-state index is -4.74. The molecule has 0 aliphatic carbocycles. The molecule has 0 spiro atoms. The molecule has 2 aromatic heterocycles. The number of alkyl halides is 3. The maximum absolute atomic E-state index is 12.6. The number of furan rings is 1. The van der Waals surface area contributed by atoms with Crippen molar-refractivity contribution in [2.24, 2.45) is 0 Å². The Balaban J connectivity index is 1.66. The van der Waals surface area contributed by atoms with Gasteiger partial charge in [-0.15, -0.1) is 13.2 Å². The molecule has 0 bridgehead atoms. The quantitative estimate of drug-likeness (QED) is 0.552. The molecule has 0 atom stereocenters. The first kappa shape index (κ1) is 16.2. The molecule has 0 saturated heterocycles. The molecule has 0 amide bonds. The Labute approximate surface area is 144 Å². The summed E-state index contributed by atoms with van der Waals surface area (Å²) in [5.41, 5.74) is 1.46. The lowest BCUT2D eigenvalue weighted by Gasteiger charge is -2.09. The summed E-state index contributed by atoms with van der Waals surface area (Å²) in [7, 11) is 0. The van der Waals surface area contributed by atoms with Crippen LogP contribution in [0.5, 0.6) is 5.75 Å². The van der Waals surface area contributed by atoms with Gasteiger partial charge >= 0.3 is 6.36 Å². The van der Waals surface area contributed by atoms with Crippen LogP contribution in [0.1, 0.15) is 5.56 Å². The van der Waals surface area contributed by atoms with Crippen molar-refractivity contribution < 1.29 is 22.3 Å². The number of benzene rings is 2. The Morgan fingerprint density at radius 1 is 1.08 bits per heavy atom. The van der Waals surface area contributed by atoms with Crippen molar-refractivity contribution >= 4 is 22.1 Å². The zero-order valence-corrected chi connectivity index (χ0v) is 13.2. The monoisotopic (exact) mass is 360 g/mol. The maximum Gasteiger partial charge on any atom is 0.573 e. The fourth-order valence-corrected chi connectivity index (χ4v) is 2.72. The molecule has 2 heterocycles. The summed E-state index contributed by atoms with van der Waals surface area (Å²) in [5, 5.41) is 0.750. The van der Waals surface area contributed by atoms with Crippen molar-refractivity contribution in [3.63, 3.8) is 0 Å². The first-order valence-corrected chi connectivity index (χ1v) is 7.62. The number of hydrogen-bond donors (Lipinski definition) is 0. The van der Waals surface area contributed by atoms with Crippen LogP contribution in [0, 0.1) is 0 Å². The molecule has 0 aliphatic rings. The number of para-hydroxylation sites is 1. The van der Waals surface area contributed by atoms with Gasteiger partial charge in [0.15, 0.2) is 0 Å². The zero-order valence-electron chi connectivity index (χ0n) is 13.2. The number of aromatic nitrogens is 2. The Morgan fingerprint density at radius 3 is 2.54 bits per heavy atom. The van der Waals surface area contributed by atoms with Gasteiger partial charge in [0.25, 0.3) is 5.56 Å². The summed E-state index contributed by atoms with van der Waals surface area (Å²) in [6.07, 6.45) is -3.35. The molecule has 4 rings (SSSR count). The lowest BCUT2D eigenvalue weighted by atomic mass is 10.2. The van der Waals surface area contributed by atoms with Crippen LogP contribution in [-0.4, -0.2) is 15.9 Å². The normalized spacial score (nSPS) is 12.0. The molecule has 8 heteroatoms. The third-order valence-electron chi connectivity index (χ3n) is 3.86. The van der Waals surface area contributed by atoms with Gasteiger partial charge in [-0.25, -0.2) is 4.98 Å². The maximum atomic E-state index is 12.6. The first-order chi connectivity index (χ1) is 12.4. The highest BCUT2D eigenvalue weighted by molar-refractivity contribution is 6.01. The summed E-state index contributed by atoms with van der Waals surface area (Å²) >= 11 is 0. The molecular weight excluding hydrogens is 349 g/mol. The molecule has 4 aromatic rings. The van der Waals surface area contributed by atoms with Gasteiger partial charge in [0.2, 0.25) is 5.58 Å². The van der Waals surface area contributed by atoms with Crippen LogP contribution in [0.15, 0.2) is 64.1 Å². The van der Waals surface area contributed by atoms with Crippen LogP contribution in [0.2, 0.25) is 0 Å². The second-order valence-corrected chi connectivity index (χ2v) is 5.65. The lowest BCUT2D eigenvalue weighted by molar-refractivity contribution is -0.274. The minimum Gasteiger partial charge on any atom is -0.448 e. The van der Waals surface area contributed by atoms with Gasteiger partial charge in [0, 0.05) is 5.39 Å². The molecule has 0 unspecified atom stereocenters. The van der Waals surface area contributed by atoms with E-state index in [0.29, 0.717) is 16.7 Å². The Morgan fingerprint density at radius 2 is 1.81 bits per heavy atom. The van der Waals surface area contributed by atoms with Crippen LogP contribution in [0.25, 0.3) is 22.1 Å². The van der Waals surface area contributed by atoms with E-state index in [1.165, 1.54) is 35.2 Å². The van der Waals surface area contributed by atoms with Gasteiger partial charge in [0.1, 0.15) is 16.8 Å². The van der Waals surface area contributed by atoms with Crippen LogP contribution in [0.4, 0.5) is 13.2 Å². The fourth-order valence-electron chi connectivity index (χ4n) is 2.72. The highest BCUT2D eigenvalue weighted by atomic mass is 19.4. The highest BCUT2D eigenvalue weighted by Crippen LogP contribution is 2.25. The van der Waals surface area contributed by atoms with E-state index >= 15 is 0 Å². The standard InChI is InChI=1S/C18H11F3N2O3/c19-18(20,21)26-12-7-5-11(6-8-12)9-23-10-22-15-13-3-1-2-4-14(13)25-16(15)17(23)24/h1-8,10H,9H2. The second kappa shape index (κ2) is 5.91. The second-order valence-electron chi connectivity index (χ2n) is 5.65. The van der Waals surface area contributed by atoms with Gasteiger partial charge < -0.3 is 9.15 Å². The summed E-state index contributed by atoms with van der Waals surface area (Å²) in [4.78, 5) is 16.9. The molecular formula is C18H11F3N2O3. The molecule has 5 nitrogen and oxygen atoms in total. The van der Waals surface area contributed by atoms with Gasteiger partial charge in [-0.05, 0) is 29.8 Å². The largest absolute Gasteiger partial charge is 0.573 e. The Hall–Kier alpha value is -3.29. The van der Waals surface area contributed by atoms with Gasteiger partial charge in [-0.3, -0.25) is 9.36 Å². The fraction of sp³-hybridized carbons (Fsp3) is 0.111. The van der Waals surface area contributed by atoms with Gasteiger partial charge in [-0.1, -0.05) is 24.3 Å². The van der Waals surface area contributed by atoms with E-state index in [4.69, 9.17) is 4.42 Å². The van der Waals surface area contributed by atoms with Gasteiger partial charge in [-0.2, -0.15) is 0 Å². The molecule has 132 valence electrons. The third kappa shape index (κ3) is 3.01. The summed E-state index contributed by atoms with van der Waals surface area (Å²) < 4.78 is 47.3. The molecule has 0 saturated carbocycles. The Kier molecular flexibility index (Phi) is 3.68. The topological polar surface area (TPSA) is 57.3 Å². The molecule has 26 heavy (non-hydrogen) atoms. The van der Waals surface area contributed by atoms with Crippen molar-refractivity contribution in [2.75, 3.05) is 0 Å². The predicted octanol–water partition coefficient (Wildman–Crippen LogP) is 4.09. The smallest absolute Gasteiger partial charge is 0.448 e. The average molecular weight is 360 g/mol. The predicted molar refractivity (Wildman–Crippen MR) is 88.0 cm³/mol. The van der Waals surface area contributed by atoms with Crippen molar-refractivity contribution in [2.45, 2.75) is 12.9 Å². The number of fused-ring (bicyclic) bond motifs is 3. The number of hydrogen-bond acceptors (Lipinski definition) is 4. The summed E-state index contributed by atoms with van der Waals surface area (Å²) in [6, 6.07) is 12.5. The number of nitrogens with zero attached hydrogens (tertiary/aromatic N) is 2. The van der Waals surface area contributed by atoms with Crippen LogP contribution < -0.4 is 10.3 Å². The number of rotatable bonds is 3. The molecule has 0 aliphatic heterocycles. The zero-order chi connectivity index (χ0) is 18.3. The SMILES string of the molecule is O=c1c2oc3ccccc3c2ncn1Cc1ccc(OC(F)(F)F)cc1. The van der Waals surface area contributed by atoms with Crippen LogP contribution in [0.3, 0.4) is 0 Å². The van der Waals surface area contributed by atoms with E-state index in [1.54, 1.807) is 12.1 Å². The van der Waals surface area contributed by atoms with Crippen molar-refractivity contribution in [3.05, 3.63) is 70.8 Å². The van der Waals surface area contributed by atoms with Crippen LogP contribution >= 0.6 is 0 Å². The third-order valence-corrected chi connectivity index (χ3v) is 3.86. The van der Waals surface area contributed by atoms with Crippen molar-refractivity contribution in [1.29, 1.82) is 0 Å². The van der Waals surface area contributed by atoms with Crippen molar-refractivity contribution in [3.8, 4) is 5.75 Å². The number of ether oxygens (including phenoxy) is 1. The van der Waals surface area contributed by atoms with E-state index in [-0.39, 0.29) is 23.4 Å². The van der Waals surface area contributed by atoms with E-state index < -0.39 is 6.36 Å². The Bertz CT molecular complexity index is 1140. The van der Waals surface area contributed by atoms with E-state index in [2.05, 4.69) is 9.72 Å². The lowest BCUT2D eigenvalue weighted by Crippen LogP contribution is -2.20. The van der Waals surface area contributed by atoms with Crippen molar-refractivity contribution in [1.82, 2.24) is 9.55 Å². The molecule has 0 fully saturated rings. The van der Waals surface area contributed by atoms with E-state index in [9.17, 15) is 18.0 Å². The highest BCUT2D eigenvalue weighted by Gasteiger charge is 2.30. The average Bonchev–Trinajstić information content (AvgIpc) is 2.97.